The lowest BCUT2D eigenvalue weighted by molar-refractivity contribution is 0.188. The van der Waals surface area contributed by atoms with Gasteiger partial charge in [-0.3, -0.25) is 4.68 Å². The molecule has 7 heteroatoms. The Kier molecular flexibility index (Phi) is 8.02. The van der Waals surface area contributed by atoms with Crippen molar-refractivity contribution in [3.05, 3.63) is 52.8 Å². The number of urea groups is 1. The van der Waals surface area contributed by atoms with Crippen molar-refractivity contribution >= 4 is 6.03 Å². The summed E-state index contributed by atoms with van der Waals surface area (Å²) in [6.07, 6.45) is 0.825. The van der Waals surface area contributed by atoms with E-state index in [1.165, 1.54) is 0 Å². The molecular formula is C21H30N6O. The molecule has 7 nitrogen and oxygen atoms in total. The molecule has 0 saturated carbocycles. The number of benzene rings is 1. The molecule has 28 heavy (non-hydrogen) atoms. The number of carbonyl (C=O) groups excluding carboxylic acids is 1. The fourth-order valence-corrected chi connectivity index (χ4v) is 2.92. The molecule has 2 rings (SSSR count). The molecule has 1 aromatic heterocycles. The van der Waals surface area contributed by atoms with Gasteiger partial charge in [0.1, 0.15) is 0 Å². The Labute approximate surface area is 167 Å². The summed E-state index contributed by atoms with van der Waals surface area (Å²) in [6.45, 7) is 7.35. The van der Waals surface area contributed by atoms with Gasteiger partial charge in [0.25, 0.3) is 0 Å². The van der Waals surface area contributed by atoms with Crippen LogP contribution in [0.5, 0.6) is 0 Å². The molecule has 0 atom stereocenters. The number of amides is 2. The molecule has 0 spiro atoms. The van der Waals surface area contributed by atoms with Gasteiger partial charge < -0.3 is 15.1 Å². The van der Waals surface area contributed by atoms with E-state index in [0.717, 1.165) is 36.5 Å². The van der Waals surface area contributed by atoms with E-state index in [1.807, 2.05) is 49.7 Å². The topological polar surface area (TPSA) is 77.2 Å². The Morgan fingerprint density at radius 2 is 1.93 bits per heavy atom. The standard InChI is InChI=1S/C21H30N6O/c1-17-14-18(2)27(24-17)11-5-10-23-21(28)26(13-12-25(3)4)16-20-8-6-19(15-22)7-9-20/h6-9,14H,5,10-13,16H2,1-4H3,(H,23,28). The first-order valence-electron chi connectivity index (χ1n) is 9.56. The largest absolute Gasteiger partial charge is 0.338 e. The first kappa shape index (κ1) is 21.5. The van der Waals surface area contributed by atoms with Crippen LogP contribution in [-0.2, 0) is 13.1 Å². The fraction of sp³-hybridized carbons (Fsp3) is 0.476. The first-order chi connectivity index (χ1) is 13.4. The van der Waals surface area contributed by atoms with Crippen molar-refractivity contribution in [2.24, 2.45) is 0 Å². The van der Waals surface area contributed by atoms with Crippen molar-refractivity contribution in [1.29, 1.82) is 5.26 Å². The normalized spacial score (nSPS) is 10.7. The molecule has 0 unspecified atom stereocenters. The summed E-state index contributed by atoms with van der Waals surface area (Å²) >= 11 is 0. The predicted octanol–water partition coefficient (Wildman–Crippen LogP) is 2.54. The highest BCUT2D eigenvalue weighted by atomic mass is 16.2. The number of hydrogen-bond acceptors (Lipinski definition) is 4. The number of nitrogens with one attached hydrogen (secondary N) is 1. The monoisotopic (exact) mass is 382 g/mol. The van der Waals surface area contributed by atoms with Gasteiger partial charge in [-0.1, -0.05) is 12.1 Å². The summed E-state index contributed by atoms with van der Waals surface area (Å²) in [5.41, 5.74) is 3.78. The highest BCUT2D eigenvalue weighted by Gasteiger charge is 2.14. The van der Waals surface area contributed by atoms with Crippen LogP contribution in [0.2, 0.25) is 0 Å². The fourth-order valence-electron chi connectivity index (χ4n) is 2.92. The minimum atomic E-state index is -0.0698. The zero-order valence-electron chi connectivity index (χ0n) is 17.3. The molecule has 0 aliphatic rings. The van der Waals surface area contributed by atoms with Crippen molar-refractivity contribution in [3.63, 3.8) is 0 Å². The summed E-state index contributed by atoms with van der Waals surface area (Å²) < 4.78 is 1.97. The first-order valence-corrected chi connectivity index (χ1v) is 9.56. The van der Waals surface area contributed by atoms with E-state index >= 15 is 0 Å². The van der Waals surface area contributed by atoms with Gasteiger partial charge in [0.2, 0.25) is 0 Å². The number of carbonyl (C=O) groups is 1. The lowest BCUT2D eigenvalue weighted by Gasteiger charge is -2.25. The summed E-state index contributed by atoms with van der Waals surface area (Å²) in [5, 5.41) is 16.4. The highest BCUT2D eigenvalue weighted by molar-refractivity contribution is 5.74. The number of aryl methyl sites for hydroxylation is 3. The van der Waals surface area contributed by atoms with Crippen molar-refractivity contribution in [1.82, 2.24) is 24.9 Å². The number of aromatic nitrogens is 2. The maximum Gasteiger partial charge on any atom is 0.317 e. The quantitative estimate of drug-likeness (QED) is 0.676. The van der Waals surface area contributed by atoms with E-state index in [0.29, 0.717) is 25.2 Å². The van der Waals surface area contributed by atoms with Crippen LogP contribution in [-0.4, -0.2) is 59.3 Å². The van der Waals surface area contributed by atoms with E-state index in [2.05, 4.69) is 27.5 Å². The van der Waals surface area contributed by atoms with Gasteiger partial charge in [0.15, 0.2) is 0 Å². The van der Waals surface area contributed by atoms with Gasteiger partial charge in [-0.05, 0) is 58.1 Å². The Bertz CT molecular complexity index is 803. The van der Waals surface area contributed by atoms with Crippen LogP contribution in [0.15, 0.2) is 30.3 Å². The zero-order chi connectivity index (χ0) is 20.5. The number of nitrogens with zero attached hydrogens (tertiary/aromatic N) is 5. The molecule has 1 N–H and O–H groups in total. The minimum absolute atomic E-state index is 0.0698. The lowest BCUT2D eigenvalue weighted by Crippen LogP contribution is -2.43. The van der Waals surface area contributed by atoms with E-state index in [4.69, 9.17) is 5.26 Å². The molecule has 0 bridgehead atoms. The molecule has 0 aliphatic heterocycles. The number of nitriles is 1. The van der Waals surface area contributed by atoms with E-state index < -0.39 is 0 Å². The molecule has 1 aromatic carbocycles. The predicted molar refractivity (Wildman–Crippen MR) is 110 cm³/mol. The third kappa shape index (κ3) is 6.71. The van der Waals surface area contributed by atoms with Gasteiger partial charge in [-0.2, -0.15) is 10.4 Å². The number of likely N-dealkylation sites (N-methyl/N-ethyl adjacent to an activating group) is 1. The lowest BCUT2D eigenvalue weighted by atomic mass is 10.1. The Hall–Kier alpha value is -2.85. The summed E-state index contributed by atoms with van der Waals surface area (Å²) in [5.74, 6) is 0. The second-order valence-electron chi connectivity index (χ2n) is 7.27. The SMILES string of the molecule is Cc1cc(C)n(CCCNC(=O)N(CCN(C)C)Cc2ccc(C#N)cc2)n1. The van der Waals surface area contributed by atoms with Crippen LogP contribution in [0, 0.1) is 25.2 Å². The smallest absolute Gasteiger partial charge is 0.317 e. The van der Waals surface area contributed by atoms with Gasteiger partial charge in [0.05, 0.1) is 17.3 Å². The third-order valence-electron chi connectivity index (χ3n) is 4.49. The molecule has 0 saturated heterocycles. The van der Waals surface area contributed by atoms with Crippen molar-refractivity contribution < 1.29 is 4.79 Å². The van der Waals surface area contributed by atoms with Crippen LogP contribution in [0.4, 0.5) is 4.79 Å². The molecule has 0 aliphatic carbocycles. The van der Waals surface area contributed by atoms with Gasteiger partial charge in [-0.25, -0.2) is 4.79 Å². The van der Waals surface area contributed by atoms with E-state index in [1.54, 1.807) is 12.1 Å². The average molecular weight is 383 g/mol. The molecule has 0 radical (unpaired) electrons. The van der Waals surface area contributed by atoms with E-state index in [-0.39, 0.29) is 6.03 Å². The third-order valence-corrected chi connectivity index (χ3v) is 4.49. The second-order valence-corrected chi connectivity index (χ2v) is 7.27. The van der Waals surface area contributed by atoms with Gasteiger partial charge in [0, 0.05) is 38.4 Å². The Morgan fingerprint density at radius 1 is 1.21 bits per heavy atom. The van der Waals surface area contributed by atoms with Gasteiger partial charge in [-0.15, -0.1) is 0 Å². The van der Waals surface area contributed by atoms with Crippen LogP contribution in [0.1, 0.15) is 28.9 Å². The molecule has 2 aromatic rings. The van der Waals surface area contributed by atoms with Crippen molar-refractivity contribution in [2.75, 3.05) is 33.7 Å². The second kappa shape index (κ2) is 10.5. The van der Waals surface area contributed by atoms with Crippen molar-refractivity contribution in [3.8, 4) is 6.07 Å². The van der Waals surface area contributed by atoms with Crippen LogP contribution >= 0.6 is 0 Å². The minimum Gasteiger partial charge on any atom is -0.338 e. The molecule has 1 heterocycles. The maximum atomic E-state index is 12.7. The number of rotatable bonds is 9. The van der Waals surface area contributed by atoms with Crippen LogP contribution in [0.3, 0.4) is 0 Å². The maximum absolute atomic E-state index is 12.7. The van der Waals surface area contributed by atoms with Crippen LogP contribution in [0.25, 0.3) is 0 Å². The molecule has 2 amide bonds. The summed E-state index contributed by atoms with van der Waals surface area (Å²) in [7, 11) is 3.98. The molecular weight excluding hydrogens is 352 g/mol. The Morgan fingerprint density at radius 3 is 2.50 bits per heavy atom. The molecule has 150 valence electrons. The highest BCUT2D eigenvalue weighted by Crippen LogP contribution is 2.08. The average Bonchev–Trinajstić information content (AvgIpc) is 2.99. The van der Waals surface area contributed by atoms with Crippen molar-refractivity contribution in [2.45, 2.75) is 33.4 Å². The van der Waals surface area contributed by atoms with Crippen LogP contribution < -0.4 is 5.32 Å². The number of hydrogen-bond donors (Lipinski definition) is 1. The zero-order valence-corrected chi connectivity index (χ0v) is 17.3. The summed E-state index contributed by atoms with van der Waals surface area (Å²) in [4.78, 5) is 16.6. The van der Waals surface area contributed by atoms with E-state index in [9.17, 15) is 4.79 Å². The Balaban J connectivity index is 1.88. The summed E-state index contributed by atoms with van der Waals surface area (Å²) in [6, 6.07) is 11.5. The van der Waals surface area contributed by atoms with Gasteiger partial charge >= 0.3 is 6.03 Å². The molecule has 0 fully saturated rings.